The third-order valence-corrected chi connectivity index (χ3v) is 10.5. The fourth-order valence-electron chi connectivity index (χ4n) is 6.04. The molecule has 0 aromatic heterocycles. The van der Waals surface area contributed by atoms with E-state index in [0.29, 0.717) is 11.3 Å². The highest BCUT2D eigenvalue weighted by Crippen LogP contribution is 2.26. The molecule has 1 saturated carbocycles. The second kappa shape index (κ2) is 15.9. The van der Waals surface area contributed by atoms with Gasteiger partial charge in [-0.15, -0.1) is 0 Å². The van der Waals surface area contributed by atoms with Crippen molar-refractivity contribution in [2.24, 2.45) is 0 Å². The Morgan fingerprint density at radius 1 is 0.875 bits per heavy atom. The topological polar surface area (TPSA) is 96.0 Å². The van der Waals surface area contributed by atoms with E-state index in [-0.39, 0.29) is 35.5 Å². The Balaban J connectivity index is 1.57. The Labute approximate surface area is 282 Å². The predicted molar refractivity (Wildman–Crippen MR) is 185 cm³/mol. The highest BCUT2D eigenvalue weighted by atomic mass is 32.2. The van der Waals surface area contributed by atoms with Crippen molar-refractivity contribution in [2.45, 2.75) is 69.0 Å². The van der Waals surface area contributed by atoms with Crippen LogP contribution in [0.1, 0.15) is 48.8 Å². The van der Waals surface area contributed by atoms with Crippen LogP contribution < -0.4 is 14.4 Å². The van der Waals surface area contributed by atoms with Gasteiger partial charge in [-0.1, -0.05) is 79.4 Å². The molecule has 1 aliphatic carbocycles. The normalized spacial score (nSPS) is 14.1. The average molecular weight is 672 g/mol. The molecule has 0 unspecified atom stereocenters. The van der Waals surface area contributed by atoms with Crippen molar-refractivity contribution >= 4 is 27.5 Å². The molecule has 1 fully saturated rings. The Hall–Kier alpha value is -4.70. The smallest absolute Gasteiger partial charge is 0.264 e. The first kappa shape index (κ1) is 34.6. The fraction of sp³-hybridized carbons (Fsp3) is 0.316. The Kier molecular flexibility index (Phi) is 11.5. The number of ether oxygens (including phenoxy) is 1. The summed E-state index contributed by atoms with van der Waals surface area (Å²) >= 11 is 0. The van der Waals surface area contributed by atoms with Crippen LogP contribution in [0.3, 0.4) is 0 Å². The van der Waals surface area contributed by atoms with E-state index in [1.807, 2.05) is 43.3 Å². The lowest BCUT2D eigenvalue weighted by Gasteiger charge is -2.35. The molecule has 0 heterocycles. The van der Waals surface area contributed by atoms with Crippen LogP contribution in [-0.4, -0.2) is 50.9 Å². The van der Waals surface area contributed by atoms with Gasteiger partial charge in [0.1, 0.15) is 24.2 Å². The monoisotopic (exact) mass is 671 g/mol. The number of sulfonamides is 1. The molecular weight excluding hydrogens is 629 g/mol. The van der Waals surface area contributed by atoms with Gasteiger partial charge in [0.2, 0.25) is 11.8 Å². The van der Waals surface area contributed by atoms with Crippen LogP contribution in [-0.2, 0) is 32.6 Å². The number of carbonyl (C=O) groups is 2. The molecule has 10 heteroatoms. The maximum Gasteiger partial charge on any atom is 0.264 e. The van der Waals surface area contributed by atoms with Crippen LogP contribution in [0.15, 0.2) is 108 Å². The molecule has 0 saturated heterocycles. The Morgan fingerprint density at radius 3 is 2.21 bits per heavy atom. The van der Waals surface area contributed by atoms with Crippen LogP contribution in [0.25, 0.3) is 0 Å². The second-order valence-electron chi connectivity index (χ2n) is 12.2. The summed E-state index contributed by atoms with van der Waals surface area (Å²) < 4.78 is 48.7. The van der Waals surface area contributed by atoms with Crippen LogP contribution in [0, 0.1) is 12.7 Å². The predicted octanol–water partition coefficient (Wildman–Crippen LogP) is 6.43. The minimum Gasteiger partial charge on any atom is -0.497 e. The van der Waals surface area contributed by atoms with Crippen molar-refractivity contribution in [3.05, 3.63) is 126 Å². The molecule has 4 aromatic carbocycles. The van der Waals surface area contributed by atoms with Crippen molar-refractivity contribution in [2.75, 3.05) is 18.0 Å². The lowest BCUT2D eigenvalue weighted by Crippen LogP contribution is -2.55. The molecule has 8 nitrogen and oxygen atoms in total. The van der Waals surface area contributed by atoms with E-state index in [1.165, 1.54) is 29.2 Å². The molecule has 48 heavy (non-hydrogen) atoms. The molecular formula is C38H42FN3O5S. The van der Waals surface area contributed by atoms with Gasteiger partial charge in [-0.2, -0.15) is 0 Å². The largest absolute Gasteiger partial charge is 0.497 e. The molecule has 4 aromatic rings. The van der Waals surface area contributed by atoms with Gasteiger partial charge in [0.25, 0.3) is 10.0 Å². The SMILES string of the molecule is COc1cccc(CN(C(=O)CN(c2ccc(F)cc2)S(=O)(=O)c2ccc(C)cc2)[C@H](Cc2ccccc2)C(=O)NC2CCCCC2)c1. The Bertz CT molecular complexity index is 1780. The van der Waals surface area contributed by atoms with E-state index in [2.05, 4.69) is 5.32 Å². The molecule has 252 valence electrons. The number of hydrogen-bond donors (Lipinski definition) is 1. The maximum atomic E-state index is 14.6. The van der Waals surface area contributed by atoms with E-state index in [4.69, 9.17) is 4.74 Å². The van der Waals surface area contributed by atoms with Gasteiger partial charge in [0, 0.05) is 19.0 Å². The number of amides is 2. The van der Waals surface area contributed by atoms with Crippen molar-refractivity contribution in [3.63, 3.8) is 0 Å². The molecule has 2 amide bonds. The maximum absolute atomic E-state index is 14.6. The van der Waals surface area contributed by atoms with Crippen LogP contribution in [0.4, 0.5) is 10.1 Å². The highest BCUT2D eigenvalue weighted by molar-refractivity contribution is 7.92. The van der Waals surface area contributed by atoms with E-state index in [0.717, 1.165) is 59.7 Å². The van der Waals surface area contributed by atoms with Crippen LogP contribution in [0.5, 0.6) is 5.75 Å². The van der Waals surface area contributed by atoms with Gasteiger partial charge in [-0.05, 0) is 79.4 Å². The fourth-order valence-corrected chi connectivity index (χ4v) is 7.45. The van der Waals surface area contributed by atoms with Crippen LogP contribution >= 0.6 is 0 Å². The van der Waals surface area contributed by atoms with Gasteiger partial charge >= 0.3 is 0 Å². The zero-order valence-corrected chi connectivity index (χ0v) is 28.2. The average Bonchev–Trinajstić information content (AvgIpc) is 3.10. The number of methoxy groups -OCH3 is 1. The van der Waals surface area contributed by atoms with Crippen molar-refractivity contribution in [3.8, 4) is 5.75 Å². The summed E-state index contributed by atoms with van der Waals surface area (Å²) in [6.45, 7) is 1.25. The lowest BCUT2D eigenvalue weighted by atomic mass is 9.94. The zero-order valence-electron chi connectivity index (χ0n) is 27.3. The van der Waals surface area contributed by atoms with Gasteiger partial charge in [-0.25, -0.2) is 12.8 Å². The molecule has 1 aliphatic rings. The minimum atomic E-state index is -4.28. The summed E-state index contributed by atoms with van der Waals surface area (Å²) in [5, 5.41) is 3.20. The van der Waals surface area contributed by atoms with Crippen molar-refractivity contribution < 1.29 is 27.1 Å². The molecule has 1 N–H and O–H groups in total. The first-order valence-electron chi connectivity index (χ1n) is 16.3. The van der Waals surface area contributed by atoms with E-state index in [9.17, 15) is 22.4 Å². The van der Waals surface area contributed by atoms with Crippen molar-refractivity contribution in [1.29, 1.82) is 0 Å². The standard InChI is InChI=1S/C38H42FN3O5S/c1-28-16-22-35(23-17-28)48(45,46)42(33-20-18-31(39)19-21-33)27-37(43)41(26-30-12-9-15-34(24-30)47-2)36(25-29-10-5-3-6-11-29)38(44)40-32-13-7-4-8-14-32/h3,5-6,9-12,15-24,32,36H,4,7-8,13-14,25-27H2,1-2H3,(H,40,44)/t36-/m1/s1. The molecule has 5 rings (SSSR count). The first-order chi connectivity index (χ1) is 23.1. The first-order valence-corrected chi connectivity index (χ1v) is 17.7. The lowest BCUT2D eigenvalue weighted by molar-refractivity contribution is -0.140. The summed E-state index contributed by atoms with van der Waals surface area (Å²) in [4.78, 5) is 30.3. The number of aryl methyl sites for hydroxylation is 1. The summed E-state index contributed by atoms with van der Waals surface area (Å²) in [6.07, 6.45) is 5.10. The number of carbonyl (C=O) groups excluding carboxylic acids is 2. The number of anilines is 1. The Morgan fingerprint density at radius 2 is 1.54 bits per heavy atom. The zero-order chi connectivity index (χ0) is 34.1. The number of benzene rings is 4. The van der Waals surface area contributed by atoms with E-state index in [1.54, 1.807) is 37.4 Å². The number of rotatable bonds is 13. The number of hydrogen-bond acceptors (Lipinski definition) is 5. The number of nitrogens with one attached hydrogen (secondary N) is 1. The van der Waals surface area contributed by atoms with Gasteiger partial charge in [-0.3, -0.25) is 13.9 Å². The quantitative estimate of drug-likeness (QED) is 0.177. The molecule has 0 aliphatic heterocycles. The van der Waals surface area contributed by atoms with E-state index >= 15 is 0 Å². The molecule has 0 spiro atoms. The highest BCUT2D eigenvalue weighted by Gasteiger charge is 2.35. The molecule has 0 bridgehead atoms. The summed E-state index contributed by atoms with van der Waals surface area (Å²) in [6, 6.07) is 27.0. The van der Waals surface area contributed by atoms with E-state index < -0.39 is 34.3 Å². The summed E-state index contributed by atoms with van der Waals surface area (Å²) in [5.41, 5.74) is 2.56. The third-order valence-electron chi connectivity index (χ3n) is 8.71. The number of nitrogens with zero attached hydrogens (tertiary/aromatic N) is 2. The summed E-state index contributed by atoms with van der Waals surface area (Å²) in [7, 11) is -2.73. The third kappa shape index (κ3) is 8.80. The van der Waals surface area contributed by atoms with Gasteiger partial charge in [0.15, 0.2) is 0 Å². The van der Waals surface area contributed by atoms with Crippen molar-refractivity contribution in [1.82, 2.24) is 10.2 Å². The van der Waals surface area contributed by atoms with Gasteiger partial charge < -0.3 is 15.0 Å². The van der Waals surface area contributed by atoms with Crippen LogP contribution in [0.2, 0.25) is 0 Å². The minimum absolute atomic E-state index is 0.00377. The van der Waals surface area contributed by atoms with Gasteiger partial charge in [0.05, 0.1) is 17.7 Å². The summed E-state index contributed by atoms with van der Waals surface area (Å²) in [5.74, 6) is -0.838. The number of halogens is 1. The molecule has 1 atom stereocenters. The second-order valence-corrected chi connectivity index (χ2v) is 14.1. The molecule has 0 radical (unpaired) electrons.